The molecule has 0 unspecified atom stereocenters. The van der Waals surface area contributed by atoms with Gasteiger partial charge in [-0.25, -0.2) is 4.98 Å². The maximum Gasteiger partial charge on any atom is 0.251 e. The van der Waals surface area contributed by atoms with Crippen LogP contribution in [0.4, 0.5) is 5.69 Å². The summed E-state index contributed by atoms with van der Waals surface area (Å²) in [6, 6.07) is 5.74. The highest BCUT2D eigenvalue weighted by atomic mass is 16.1. The van der Waals surface area contributed by atoms with E-state index in [4.69, 9.17) is 0 Å². The summed E-state index contributed by atoms with van der Waals surface area (Å²) >= 11 is 0. The number of H-pyrrole nitrogens is 1. The molecule has 3 N–H and O–H groups in total. The molecule has 0 atom stereocenters. The van der Waals surface area contributed by atoms with Gasteiger partial charge in [0.1, 0.15) is 12.2 Å². The lowest BCUT2D eigenvalue weighted by atomic mass is 10.1. The number of carbonyl (C=O) groups excluding carboxylic acids is 1. The summed E-state index contributed by atoms with van der Waals surface area (Å²) in [4.78, 5) is 16.1. The highest BCUT2D eigenvalue weighted by molar-refractivity contribution is 5.95. The number of nitrogens with one attached hydrogen (secondary N) is 3. The number of hydrogen-bond acceptors (Lipinski definition) is 4. The van der Waals surface area contributed by atoms with E-state index in [9.17, 15) is 4.79 Å². The van der Waals surface area contributed by atoms with Gasteiger partial charge < -0.3 is 10.6 Å². The molecule has 0 saturated carbocycles. The first kappa shape index (κ1) is 14.0. The van der Waals surface area contributed by atoms with E-state index in [1.165, 1.54) is 6.33 Å². The molecule has 106 valence electrons. The maximum absolute atomic E-state index is 12.1. The van der Waals surface area contributed by atoms with Gasteiger partial charge in [-0.05, 0) is 37.1 Å². The molecule has 0 saturated heterocycles. The van der Waals surface area contributed by atoms with Crippen molar-refractivity contribution >= 4 is 11.6 Å². The molecule has 0 fully saturated rings. The molecule has 0 bridgehead atoms. The van der Waals surface area contributed by atoms with E-state index >= 15 is 0 Å². The molecule has 1 amide bonds. The third kappa shape index (κ3) is 3.57. The Hall–Kier alpha value is -2.37. The van der Waals surface area contributed by atoms with Crippen molar-refractivity contribution in [2.24, 2.45) is 0 Å². The zero-order valence-electron chi connectivity index (χ0n) is 11.7. The fourth-order valence-corrected chi connectivity index (χ4v) is 1.87. The molecule has 20 heavy (non-hydrogen) atoms. The lowest BCUT2D eigenvalue weighted by Crippen LogP contribution is -2.24. The van der Waals surface area contributed by atoms with Crippen molar-refractivity contribution in [3.63, 3.8) is 0 Å². The van der Waals surface area contributed by atoms with Gasteiger partial charge in [-0.3, -0.25) is 9.89 Å². The zero-order chi connectivity index (χ0) is 14.4. The molecule has 6 nitrogen and oxygen atoms in total. The maximum atomic E-state index is 12.1. The van der Waals surface area contributed by atoms with E-state index in [1.54, 1.807) is 0 Å². The van der Waals surface area contributed by atoms with E-state index in [2.05, 4.69) is 32.7 Å². The summed E-state index contributed by atoms with van der Waals surface area (Å²) < 4.78 is 0. The van der Waals surface area contributed by atoms with Crippen molar-refractivity contribution < 1.29 is 4.79 Å². The minimum Gasteiger partial charge on any atom is -0.385 e. The molecule has 2 aromatic rings. The predicted molar refractivity (Wildman–Crippen MR) is 77.5 cm³/mol. The Labute approximate surface area is 118 Å². The first-order valence-electron chi connectivity index (χ1n) is 6.67. The third-order valence-electron chi connectivity index (χ3n) is 2.93. The number of benzene rings is 1. The monoisotopic (exact) mass is 273 g/mol. The molecule has 0 spiro atoms. The standard InChI is InChI=1S/C14H19N5O/c1-3-6-15-11-4-5-12(10(2)7-11)14(20)16-8-13-17-9-18-19-13/h4-5,7,9,15H,3,6,8H2,1-2H3,(H,16,20)(H,17,18,19). The molecule has 2 rings (SSSR count). The minimum absolute atomic E-state index is 0.110. The highest BCUT2D eigenvalue weighted by Gasteiger charge is 2.09. The average Bonchev–Trinajstić information content (AvgIpc) is 2.96. The van der Waals surface area contributed by atoms with Crippen molar-refractivity contribution in [1.82, 2.24) is 20.5 Å². The molecular formula is C14H19N5O. The van der Waals surface area contributed by atoms with Crippen LogP contribution < -0.4 is 10.6 Å². The number of aryl methyl sites for hydroxylation is 1. The van der Waals surface area contributed by atoms with Gasteiger partial charge in [-0.2, -0.15) is 5.10 Å². The van der Waals surface area contributed by atoms with Gasteiger partial charge in [0.2, 0.25) is 0 Å². The molecule has 0 aliphatic carbocycles. The largest absolute Gasteiger partial charge is 0.385 e. The molecule has 0 aliphatic rings. The van der Waals surface area contributed by atoms with Gasteiger partial charge >= 0.3 is 0 Å². The van der Waals surface area contributed by atoms with Crippen LogP contribution in [0.2, 0.25) is 0 Å². The molecule has 0 aliphatic heterocycles. The third-order valence-corrected chi connectivity index (χ3v) is 2.93. The van der Waals surface area contributed by atoms with Gasteiger partial charge in [0.05, 0.1) is 6.54 Å². The molecule has 1 heterocycles. The van der Waals surface area contributed by atoms with Crippen LogP contribution in [-0.4, -0.2) is 27.6 Å². The van der Waals surface area contributed by atoms with Crippen molar-refractivity contribution in [2.45, 2.75) is 26.8 Å². The SMILES string of the molecule is CCCNc1ccc(C(=O)NCc2ncn[nH]2)c(C)c1. The molecule has 6 heteroatoms. The van der Waals surface area contributed by atoms with Crippen molar-refractivity contribution in [3.8, 4) is 0 Å². The Morgan fingerprint density at radius 1 is 1.40 bits per heavy atom. The Morgan fingerprint density at radius 3 is 2.90 bits per heavy atom. The average molecular weight is 273 g/mol. The second kappa shape index (κ2) is 6.70. The molecule has 0 radical (unpaired) electrons. The Bertz CT molecular complexity index is 565. The molecule has 1 aromatic carbocycles. The smallest absolute Gasteiger partial charge is 0.251 e. The first-order chi connectivity index (χ1) is 9.70. The second-order valence-corrected chi connectivity index (χ2v) is 4.57. The van der Waals surface area contributed by atoms with E-state index in [0.717, 1.165) is 24.2 Å². The van der Waals surface area contributed by atoms with Crippen LogP contribution >= 0.6 is 0 Å². The number of amides is 1. The lowest BCUT2D eigenvalue weighted by Gasteiger charge is -2.10. The first-order valence-corrected chi connectivity index (χ1v) is 6.67. The van der Waals surface area contributed by atoms with Crippen LogP contribution in [-0.2, 0) is 6.54 Å². The number of carbonyl (C=O) groups is 1. The van der Waals surface area contributed by atoms with Crippen LogP contribution in [0, 0.1) is 6.92 Å². The molecular weight excluding hydrogens is 254 g/mol. The zero-order valence-corrected chi connectivity index (χ0v) is 11.7. The van der Waals surface area contributed by atoms with Crippen LogP contribution in [0.1, 0.15) is 35.1 Å². The summed E-state index contributed by atoms with van der Waals surface area (Å²) in [5.41, 5.74) is 2.66. The van der Waals surface area contributed by atoms with E-state index in [0.29, 0.717) is 17.9 Å². The number of aromatic nitrogens is 3. The highest BCUT2D eigenvalue weighted by Crippen LogP contribution is 2.15. The number of nitrogens with zero attached hydrogens (tertiary/aromatic N) is 2. The summed E-state index contributed by atoms with van der Waals surface area (Å²) in [5, 5.41) is 12.6. The minimum atomic E-state index is -0.110. The number of anilines is 1. The molecule has 1 aromatic heterocycles. The van der Waals surface area contributed by atoms with Gasteiger partial charge in [0.25, 0.3) is 5.91 Å². The van der Waals surface area contributed by atoms with Crippen LogP contribution in [0.15, 0.2) is 24.5 Å². The Balaban J connectivity index is 1.98. The topological polar surface area (TPSA) is 82.7 Å². The van der Waals surface area contributed by atoms with E-state index in [1.807, 2.05) is 25.1 Å². The van der Waals surface area contributed by atoms with Crippen LogP contribution in [0.3, 0.4) is 0 Å². The summed E-state index contributed by atoms with van der Waals surface area (Å²) in [6.07, 6.45) is 2.49. The Kier molecular flexibility index (Phi) is 4.70. The number of aromatic amines is 1. The van der Waals surface area contributed by atoms with E-state index in [-0.39, 0.29) is 5.91 Å². The fraction of sp³-hybridized carbons (Fsp3) is 0.357. The number of rotatable bonds is 6. The van der Waals surface area contributed by atoms with Gasteiger partial charge in [0.15, 0.2) is 0 Å². The second-order valence-electron chi connectivity index (χ2n) is 4.57. The summed E-state index contributed by atoms with van der Waals surface area (Å²) in [5.74, 6) is 0.526. The quantitative estimate of drug-likeness (QED) is 0.750. The summed E-state index contributed by atoms with van der Waals surface area (Å²) in [7, 11) is 0. The lowest BCUT2D eigenvalue weighted by molar-refractivity contribution is 0.0949. The number of hydrogen-bond donors (Lipinski definition) is 3. The van der Waals surface area contributed by atoms with E-state index < -0.39 is 0 Å². The fourth-order valence-electron chi connectivity index (χ4n) is 1.87. The van der Waals surface area contributed by atoms with Crippen molar-refractivity contribution in [1.29, 1.82) is 0 Å². The normalized spacial score (nSPS) is 10.3. The van der Waals surface area contributed by atoms with Crippen LogP contribution in [0.25, 0.3) is 0 Å². The van der Waals surface area contributed by atoms with Crippen molar-refractivity contribution in [2.75, 3.05) is 11.9 Å². The predicted octanol–water partition coefficient (Wildman–Crippen LogP) is 1.87. The van der Waals surface area contributed by atoms with Crippen molar-refractivity contribution in [3.05, 3.63) is 41.5 Å². The summed E-state index contributed by atoms with van der Waals surface area (Å²) in [6.45, 7) is 5.32. The Morgan fingerprint density at radius 2 is 2.25 bits per heavy atom. The van der Waals surface area contributed by atoms with Gasteiger partial charge in [-0.1, -0.05) is 6.92 Å². The van der Waals surface area contributed by atoms with Gasteiger partial charge in [-0.15, -0.1) is 0 Å². The van der Waals surface area contributed by atoms with Gasteiger partial charge in [0, 0.05) is 17.8 Å². The van der Waals surface area contributed by atoms with Crippen LogP contribution in [0.5, 0.6) is 0 Å².